The molecule has 8 heteroatoms. The first-order chi connectivity index (χ1) is 15.6. The number of fused-ring (bicyclic) bond motifs is 1. The SMILES string of the molecule is CNc1nc([C@@H]2CCCCN2C(=O)c2cc(C3CCCCC3)no2)nc2c1CCN(C)C2. The second kappa shape index (κ2) is 9.17. The van der Waals surface area contributed by atoms with Gasteiger partial charge in [-0.25, -0.2) is 9.97 Å². The van der Waals surface area contributed by atoms with Gasteiger partial charge in [0.15, 0.2) is 5.82 Å². The first-order valence-corrected chi connectivity index (χ1v) is 12.2. The molecule has 1 amide bonds. The molecule has 1 aliphatic carbocycles. The average Bonchev–Trinajstić information content (AvgIpc) is 3.33. The number of nitrogens with zero attached hydrogens (tertiary/aromatic N) is 5. The molecule has 32 heavy (non-hydrogen) atoms. The Labute approximate surface area is 189 Å². The maximum atomic E-state index is 13.5. The predicted molar refractivity (Wildman–Crippen MR) is 122 cm³/mol. The van der Waals surface area contributed by atoms with Crippen LogP contribution in [-0.4, -0.2) is 58.0 Å². The van der Waals surface area contributed by atoms with Crippen LogP contribution in [0.4, 0.5) is 5.82 Å². The molecule has 0 bridgehead atoms. The lowest BCUT2D eigenvalue weighted by Gasteiger charge is -2.35. The zero-order chi connectivity index (χ0) is 22.1. The van der Waals surface area contributed by atoms with Crippen molar-refractivity contribution in [2.24, 2.45) is 0 Å². The Bertz CT molecular complexity index is 967. The van der Waals surface area contributed by atoms with E-state index >= 15 is 0 Å². The minimum absolute atomic E-state index is 0.0892. The molecule has 8 nitrogen and oxygen atoms in total. The third-order valence-corrected chi connectivity index (χ3v) is 7.33. The summed E-state index contributed by atoms with van der Waals surface area (Å²) in [5.41, 5.74) is 3.22. The van der Waals surface area contributed by atoms with Crippen LogP contribution in [0.1, 0.15) is 96.7 Å². The van der Waals surface area contributed by atoms with Crippen molar-refractivity contribution in [1.82, 2.24) is 24.9 Å². The molecule has 1 saturated carbocycles. The Hall–Kier alpha value is -2.48. The van der Waals surface area contributed by atoms with E-state index in [-0.39, 0.29) is 11.9 Å². The van der Waals surface area contributed by atoms with Gasteiger partial charge in [-0.15, -0.1) is 0 Å². The summed E-state index contributed by atoms with van der Waals surface area (Å²) in [6.07, 6.45) is 9.88. The van der Waals surface area contributed by atoms with Crippen molar-refractivity contribution >= 4 is 11.7 Å². The van der Waals surface area contributed by atoms with Gasteiger partial charge in [0.1, 0.15) is 5.82 Å². The number of nitrogens with one attached hydrogen (secondary N) is 1. The molecule has 1 N–H and O–H groups in total. The molecule has 1 saturated heterocycles. The molecule has 2 fully saturated rings. The van der Waals surface area contributed by atoms with Crippen molar-refractivity contribution in [3.05, 3.63) is 34.6 Å². The van der Waals surface area contributed by atoms with E-state index in [9.17, 15) is 4.79 Å². The molecular formula is C24H34N6O2. The van der Waals surface area contributed by atoms with Gasteiger partial charge in [-0.2, -0.15) is 0 Å². The van der Waals surface area contributed by atoms with Gasteiger partial charge in [0.25, 0.3) is 5.91 Å². The fourth-order valence-corrected chi connectivity index (χ4v) is 5.50. The Morgan fingerprint density at radius 3 is 2.72 bits per heavy atom. The van der Waals surface area contributed by atoms with Crippen LogP contribution in [0.25, 0.3) is 0 Å². The van der Waals surface area contributed by atoms with Crippen LogP contribution < -0.4 is 5.32 Å². The molecule has 0 radical (unpaired) electrons. The van der Waals surface area contributed by atoms with E-state index in [1.54, 1.807) is 0 Å². The molecule has 3 aliphatic rings. The highest BCUT2D eigenvalue weighted by Crippen LogP contribution is 2.35. The number of carbonyl (C=O) groups is 1. The Morgan fingerprint density at radius 2 is 1.91 bits per heavy atom. The number of rotatable bonds is 4. The van der Waals surface area contributed by atoms with Gasteiger partial charge >= 0.3 is 0 Å². The third-order valence-electron chi connectivity index (χ3n) is 7.33. The van der Waals surface area contributed by atoms with E-state index in [1.807, 2.05) is 18.0 Å². The van der Waals surface area contributed by atoms with E-state index in [2.05, 4.69) is 22.4 Å². The molecule has 0 aromatic carbocycles. The average molecular weight is 439 g/mol. The number of likely N-dealkylation sites (N-methyl/N-ethyl adjacent to an activating group) is 1. The summed E-state index contributed by atoms with van der Waals surface area (Å²) < 4.78 is 5.57. The van der Waals surface area contributed by atoms with Crippen molar-refractivity contribution in [2.45, 2.75) is 76.3 Å². The van der Waals surface area contributed by atoms with E-state index in [4.69, 9.17) is 14.5 Å². The molecule has 4 heterocycles. The Kier molecular flexibility index (Phi) is 6.13. The Morgan fingerprint density at radius 1 is 1.09 bits per heavy atom. The molecule has 5 rings (SSSR count). The van der Waals surface area contributed by atoms with E-state index in [0.717, 1.165) is 74.6 Å². The van der Waals surface area contributed by atoms with Crippen molar-refractivity contribution in [3.8, 4) is 0 Å². The summed E-state index contributed by atoms with van der Waals surface area (Å²) in [5.74, 6) is 2.32. The quantitative estimate of drug-likeness (QED) is 0.774. The van der Waals surface area contributed by atoms with Crippen molar-refractivity contribution in [1.29, 1.82) is 0 Å². The maximum Gasteiger partial charge on any atom is 0.293 e. The molecule has 2 aromatic rings. The lowest BCUT2D eigenvalue weighted by Crippen LogP contribution is -2.39. The van der Waals surface area contributed by atoms with Gasteiger partial charge in [0, 0.05) is 44.2 Å². The molecule has 2 aliphatic heterocycles. The summed E-state index contributed by atoms with van der Waals surface area (Å²) >= 11 is 0. The van der Waals surface area contributed by atoms with Crippen LogP contribution in [0.3, 0.4) is 0 Å². The number of anilines is 1. The summed E-state index contributed by atoms with van der Waals surface area (Å²) in [6, 6.07) is 1.75. The zero-order valence-electron chi connectivity index (χ0n) is 19.3. The number of hydrogen-bond acceptors (Lipinski definition) is 7. The van der Waals surface area contributed by atoms with Crippen LogP contribution in [-0.2, 0) is 13.0 Å². The summed E-state index contributed by atoms with van der Waals surface area (Å²) in [7, 11) is 4.03. The van der Waals surface area contributed by atoms with Gasteiger partial charge in [-0.05, 0) is 45.6 Å². The fraction of sp³-hybridized carbons (Fsp3) is 0.667. The summed E-state index contributed by atoms with van der Waals surface area (Å²) in [5, 5.41) is 7.54. The normalized spacial score (nSPS) is 22.6. The van der Waals surface area contributed by atoms with Crippen LogP contribution in [0, 0.1) is 0 Å². The summed E-state index contributed by atoms with van der Waals surface area (Å²) in [6.45, 7) is 2.51. The third kappa shape index (κ3) is 4.12. The number of likely N-dealkylation sites (tertiary alicyclic amines) is 1. The van der Waals surface area contributed by atoms with Crippen molar-refractivity contribution in [2.75, 3.05) is 32.5 Å². The first-order valence-electron chi connectivity index (χ1n) is 12.2. The smallest absolute Gasteiger partial charge is 0.293 e. The molecular weight excluding hydrogens is 404 g/mol. The number of carbonyl (C=O) groups excluding carboxylic acids is 1. The van der Waals surface area contributed by atoms with E-state index in [1.165, 1.54) is 24.8 Å². The number of aromatic nitrogens is 3. The molecule has 1 atom stereocenters. The number of amides is 1. The van der Waals surface area contributed by atoms with Crippen LogP contribution in [0.2, 0.25) is 0 Å². The van der Waals surface area contributed by atoms with E-state index < -0.39 is 0 Å². The summed E-state index contributed by atoms with van der Waals surface area (Å²) in [4.78, 5) is 27.5. The first kappa shape index (κ1) is 21.4. The lowest BCUT2D eigenvalue weighted by atomic mass is 9.87. The topological polar surface area (TPSA) is 87.4 Å². The zero-order valence-corrected chi connectivity index (χ0v) is 19.3. The maximum absolute atomic E-state index is 13.5. The van der Waals surface area contributed by atoms with E-state index in [0.29, 0.717) is 18.2 Å². The van der Waals surface area contributed by atoms with Gasteiger partial charge < -0.3 is 19.6 Å². The van der Waals surface area contributed by atoms with Gasteiger partial charge in [-0.3, -0.25) is 4.79 Å². The highest BCUT2D eigenvalue weighted by Gasteiger charge is 2.34. The Balaban J connectivity index is 1.41. The monoisotopic (exact) mass is 438 g/mol. The minimum Gasteiger partial charge on any atom is -0.373 e. The predicted octanol–water partition coefficient (Wildman–Crippen LogP) is 3.91. The fourth-order valence-electron chi connectivity index (χ4n) is 5.50. The highest BCUT2D eigenvalue weighted by molar-refractivity contribution is 5.91. The molecule has 0 spiro atoms. The second-order valence-corrected chi connectivity index (χ2v) is 9.55. The molecule has 2 aromatic heterocycles. The number of piperidine rings is 1. The van der Waals surface area contributed by atoms with Gasteiger partial charge in [0.2, 0.25) is 5.76 Å². The number of hydrogen-bond donors (Lipinski definition) is 1. The lowest BCUT2D eigenvalue weighted by molar-refractivity contribution is 0.0557. The van der Waals surface area contributed by atoms with Crippen LogP contribution in [0.15, 0.2) is 10.6 Å². The van der Waals surface area contributed by atoms with Crippen molar-refractivity contribution in [3.63, 3.8) is 0 Å². The molecule has 172 valence electrons. The standard InChI is InChI=1S/C24H34N6O2/c1-25-22-17-11-13-29(2)15-19(17)26-23(27-22)20-10-6-7-12-30(20)24(31)21-14-18(28-32-21)16-8-4-3-5-9-16/h14,16,20H,3-13,15H2,1-2H3,(H,25,26,27)/t20-/m0/s1. The second-order valence-electron chi connectivity index (χ2n) is 9.55. The largest absolute Gasteiger partial charge is 0.373 e. The highest BCUT2D eigenvalue weighted by atomic mass is 16.5. The van der Waals surface area contributed by atoms with Crippen molar-refractivity contribution < 1.29 is 9.32 Å². The van der Waals surface area contributed by atoms with Crippen LogP contribution >= 0.6 is 0 Å². The van der Waals surface area contributed by atoms with Gasteiger partial charge in [-0.1, -0.05) is 24.4 Å². The minimum atomic E-state index is -0.135. The van der Waals surface area contributed by atoms with Crippen LogP contribution in [0.5, 0.6) is 0 Å². The molecule has 0 unspecified atom stereocenters. The van der Waals surface area contributed by atoms with Gasteiger partial charge in [0.05, 0.1) is 17.4 Å².